The van der Waals surface area contributed by atoms with Crippen molar-refractivity contribution >= 4 is 23.8 Å². The normalized spacial score (nSPS) is 16.8. The number of nitrogens with zero attached hydrogens (tertiary/aromatic N) is 1. The van der Waals surface area contributed by atoms with Crippen LogP contribution in [-0.2, 0) is 21.0 Å². The van der Waals surface area contributed by atoms with E-state index in [1.54, 1.807) is 54.7 Å². The van der Waals surface area contributed by atoms with Gasteiger partial charge in [-0.2, -0.15) is 0 Å². The highest BCUT2D eigenvalue weighted by Gasteiger charge is 2.14. The van der Waals surface area contributed by atoms with Crippen LogP contribution in [0.25, 0.3) is 12.2 Å². The van der Waals surface area contributed by atoms with E-state index in [1.807, 2.05) is 0 Å². The van der Waals surface area contributed by atoms with Crippen LogP contribution in [0.2, 0.25) is 0 Å². The fourth-order valence-corrected chi connectivity index (χ4v) is 2.78. The van der Waals surface area contributed by atoms with Crippen molar-refractivity contribution in [3.05, 3.63) is 77.1 Å². The van der Waals surface area contributed by atoms with Crippen molar-refractivity contribution in [1.82, 2.24) is 10.5 Å². The Hall–Kier alpha value is -3.13. The Labute approximate surface area is 175 Å². The van der Waals surface area contributed by atoms with Crippen LogP contribution in [0.4, 0.5) is 0 Å². The molecule has 7 heteroatoms. The summed E-state index contributed by atoms with van der Waals surface area (Å²) in [6.07, 6.45) is 10.1. The summed E-state index contributed by atoms with van der Waals surface area (Å²) in [6, 6.07) is 10.3. The maximum absolute atomic E-state index is 12.2. The molecule has 2 heterocycles. The van der Waals surface area contributed by atoms with Gasteiger partial charge in [0.1, 0.15) is 0 Å². The summed E-state index contributed by atoms with van der Waals surface area (Å²) in [6.45, 7) is 0.586. The van der Waals surface area contributed by atoms with Crippen molar-refractivity contribution in [3.8, 4) is 0 Å². The lowest BCUT2D eigenvalue weighted by Crippen LogP contribution is -2.32. The monoisotopic (exact) mass is 408 g/mol. The van der Waals surface area contributed by atoms with Crippen LogP contribution in [0.5, 0.6) is 0 Å². The maximum atomic E-state index is 12.2. The number of aliphatic hydroxyl groups excluding tert-OH is 1. The molecule has 156 valence electrons. The van der Waals surface area contributed by atoms with Crippen LogP contribution in [0, 0.1) is 0 Å². The quantitative estimate of drug-likeness (QED) is 0.396. The first kappa shape index (κ1) is 21.6. The molecule has 2 N–H and O–H groups in total. The lowest BCUT2D eigenvalue weighted by atomic mass is 10.1. The Morgan fingerprint density at radius 1 is 1.13 bits per heavy atom. The number of amides is 1. The molecule has 0 aliphatic carbocycles. The predicted octanol–water partition coefficient (Wildman–Crippen LogP) is 3.06. The number of benzene rings is 1. The van der Waals surface area contributed by atoms with Gasteiger partial charge in [0, 0.05) is 30.9 Å². The first-order valence-corrected chi connectivity index (χ1v) is 9.77. The zero-order valence-corrected chi connectivity index (χ0v) is 16.5. The highest BCUT2D eigenvalue weighted by atomic mass is 16.8. The molecule has 0 saturated carbocycles. The molecular weight excluding hydrogens is 384 g/mol. The molecule has 1 unspecified atom stereocenters. The minimum absolute atomic E-state index is 0.0552. The summed E-state index contributed by atoms with van der Waals surface area (Å²) in [4.78, 5) is 33.5. The zero-order chi connectivity index (χ0) is 21.2. The van der Waals surface area contributed by atoms with Gasteiger partial charge < -0.3 is 9.84 Å². The Morgan fingerprint density at radius 2 is 1.97 bits per heavy atom. The highest BCUT2D eigenvalue weighted by molar-refractivity contribution is 6.06. The Morgan fingerprint density at radius 3 is 2.63 bits per heavy atom. The number of nitrogens with one attached hydrogen (secondary N) is 1. The molecule has 1 aliphatic heterocycles. The molecule has 1 aliphatic rings. The van der Waals surface area contributed by atoms with Crippen LogP contribution < -0.4 is 5.48 Å². The highest BCUT2D eigenvalue weighted by Crippen LogP contribution is 2.12. The third-order valence-electron chi connectivity index (χ3n) is 4.49. The number of aliphatic hydroxyl groups is 1. The fourth-order valence-electron chi connectivity index (χ4n) is 2.78. The Kier molecular flexibility index (Phi) is 8.02. The number of rotatable bonds is 8. The van der Waals surface area contributed by atoms with E-state index in [-0.39, 0.29) is 12.4 Å². The van der Waals surface area contributed by atoms with Crippen LogP contribution >= 0.6 is 0 Å². The Balaban J connectivity index is 1.48. The summed E-state index contributed by atoms with van der Waals surface area (Å²) in [7, 11) is 0. The van der Waals surface area contributed by atoms with Crippen molar-refractivity contribution in [2.45, 2.75) is 32.2 Å². The number of allylic oxidation sites excluding steroid dienone is 1. The second kappa shape index (κ2) is 11.2. The first-order chi connectivity index (χ1) is 14.6. The number of aromatic nitrogens is 1. The summed E-state index contributed by atoms with van der Waals surface area (Å²) in [5.74, 6) is -0.533. The van der Waals surface area contributed by atoms with Gasteiger partial charge in [0.25, 0.3) is 5.91 Å². The van der Waals surface area contributed by atoms with E-state index in [0.717, 1.165) is 30.4 Å². The average molecular weight is 408 g/mol. The van der Waals surface area contributed by atoms with Crippen LogP contribution in [-0.4, -0.2) is 34.7 Å². The van der Waals surface area contributed by atoms with Gasteiger partial charge in [0.15, 0.2) is 12.1 Å². The van der Waals surface area contributed by atoms with Crippen molar-refractivity contribution in [2.75, 3.05) is 6.61 Å². The third-order valence-corrected chi connectivity index (χ3v) is 4.49. The van der Waals surface area contributed by atoms with Crippen molar-refractivity contribution in [1.29, 1.82) is 0 Å². The van der Waals surface area contributed by atoms with Crippen molar-refractivity contribution in [2.24, 2.45) is 0 Å². The second-order valence-corrected chi connectivity index (χ2v) is 6.78. The lowest BCUT2D eigenvalue weighted by Gasteiger charge is -2.21. The minimum Gasteiger partial charge on any atom is -0.392 e. The van der Waals surface area contributed by atoms with E-state index >= 15 is 0 Å². The van der Waals surface area contributed by atoms with E-state index in [1.165, 1.54) is 12.2 Å². The van der Waals surface area contributed by atoms with Gasteiger partial charge in [-0.1, -0.05) is 30.3 Å². The number of carbonyl (C=O) groups excluding carboxylic acids is 2. The van der Waals surface area contributed by atoms with Gasteiger partial charge in [-0.15, -0.1) is 0 Å². The number of pyridine rings is 1. The molecule has 30 heavy (non-hydrogen) atoms. The van der Waals surface area contributed by atoms with Gasteiger partial charge in [-0.25, -0.2) is 10.3 Å². The number of carbonyl (C=O) groups is 2. The average Bonchev–Trinajstić information content (AvgIpc) is 2.81. The molecule has 1 aromatic heterocycles. The Bertz CT molecular complexity index is 898. The summed E-state index contributed by atoms with van der Waals surface area (Å²) in [5, 5.41) is 9.05. The van der Waals surface area contributed by atoms with Crippen molar-refractivity contribution in [3.63, 3.8) is 0 Å². The van der Waals surface area contributed by atoms with Crippen LogP contribution in [0.15, 0.2) is 54.7 Å². The summed E-state index contributed by atoms with van der Waals surface area (Å²) < 4.78 is 5.37. The van der Waals surface area contributed by atoms with E-state index in [4.69, 9.17) is 14.7 Å². The predicted molar refractivity (Wildman–Crippen MR) is 112 cm³/mol. The zero-order valence-electron chi connectivity index (χ0n) is 16.5. The van der Waals surface area contributed by atoms with Gasteiger partial charge in [0.2, 0.25) is 0 Å². The molecule has 1 fully saturated rings. The molecule has 0 radical (unpaired) electrons. The molecule has 0 spiro atoms. The summed E-state index contributed by atoms with van der Waals surface area (Å²) in [5.41, 5.74) is 5.01. The third kappa shape index (κ3) is 6.73. The molecular formula is C23H24N2O5. The molecule has 1 amide bonds. The maximum Gasteiger partial charge on any atom is 0.267 e. The second-order valence-electron chi connectivity index (χ2n) is 6.78. The fraction of sp³-hybridized carbons (Fsp3) is 0.261. The van der Waals surface area contributed by atoms with Crippen molar-refractivity contribution < 1.29 is 24.3 Å². The standard InChI is InChI=1S/C23H24N2O5/c26-16-18-4-8-19(9-5-18)21(27)12-7-17-6-10-20(24-15-17)11-13-22(28)25-30-23-3-1-2-14-29-23/h4-13,15,23,26H,1-3,14,16H2,(H,25,28). The molecule has 2 aromatic rings. The van der Waals surface area contributed by atoms with Crippen LogP contribution in [0.1, 0.15) is 46.4 Å². The van der Waals surface area contributed by atoms with E-state index in [2.05, 4.69) is 10.5 Å². The van der Waals surface area contributed by atoms with E-state index in [9.17, 15) is 9.59 Å². The summed E-state index contributed by atoms with van der Waals surface area (Å²) >= 11 is 0. The van der Waals surface area contributed by atoms with E-state index in [0.29, 0.717) is 17.9 Å². The number of ketones is 1. The first-order valence-electron chi connectivity index (χ1n) is 9.77. The number of ether oxygens (including phenoxy) is 1. The lowest BCUT2D eigenvalue weighted by molar-refractivity contribution is -0.198. The smallest absolute Gasteiger partial charge is 0.267 e. The molecule has 1 atom stereocenters. The molecule has 1 saturated heterocycles. The van der Waals surface area contributed by atoms with Gasteiger partial charge in [-0.05, 0) is 48.3 Å². The van der Waals surface area contributed by atoms with E-state index < -0.39 is 12.2 Å². The molecule has 3 rings (SSSR count). The molecule has 7 nitrogen and oxygen atoms in total. The molecule has 0 bridgehead atoms. The topological polar surface area (TPSA) is 97.8 Å². The minimum atomic E-state index is -0.396. The van der Waals surface area contributed by atoms with Gasteiger partial charge in [0.05, 0.1) is 12.3 Å². The van der Waals surface area contributed by atoms with Gasteiger partial charge >= 0.3 is 0 Å². The van der Waals surface area contributed by atoms with Crippen LogP contribution in [0.3, 0.4) is 0 Å². The van der Waals surface area contributed by atoms with Gasteiger partial charge in [-0.3, -0.25) is 14.6 Å². The largest absolute Gasteiger partial charge is 0.392 e. The molecule has 1 aromatic carbocycles. The number of hydroxylamine groups is 1. The SMILES string of the molecule is O=C(C=Cc1ccc(C=CC(=O)c2ccc(CO)cc2)cn1)NOC1CCCCO1. The number of hydrogen-bond acceptors (Lipinski definition) is 6. The number of hydrogen-bond donors (Lipinski definition) is 2.